The molecule has 9 heteroatoms. The molecule has 2 aromatic carbocycles. The second-order valence-corrected chi connectivity index (χ2v) is 9.23. The van der Waals surface area contributed by atoms with Crippen LogP contribution in [0.4, 0.5) is 18.9 Å². The SMILES string of the molecule is COc1ccccc1N1C(=S)N[C@@H](c2ccccn2)[C@@H]1c1cc(C)n(-c2ccccc2C(F)(F)F)c1C. The molecule has 0 unspecified atom stereocenters. The van der Waals surface area contributed by atoms with Crippen LogP contribution in [-0.2, 0) is 6.18 Å². The van der Waals surface area contributed by atoms with Gasteiger partial charge in [0.05, 0.1) is 41.8 Å². The number of thiocarbonyl (C=S) groups is 1. The Morgan fingerprint density at radius 3 is 2.30 bits per heavy atom. The predicted molar refractivity (Wildman–Crippen MR) is 141 cm³/mol. The van der Waals surface area contributed by atoms with E-state index in [4.69, 9.17) is 17.0 Å². The van der Waals surface area contributed by atoms with Crippen molar-refractivity contribution in [3.05, 3.63) is 107 Å². The third-order valence-corrected chi connectivity index (χ3v) is 7.00. The number of ether oxygens (including phenoxy) is 1. The Bertz CT molecular complexity index is 1450. The molecule has 0 amide bonds. The van der Waals surface area contributed by atoms with Crippen molar-refractivity contribution in [2.45, 2.75) is 32.1 Å². The van der Waals surface area contributed by atoms with Gasteiger partial charge < -0.3 is 19.5 Å². The lowest BCUT2D eigenvalue weighted by Gasteiger charge is -2.29. The molecular weight excluding hydrogens is 497 g/mol. The van der Waals surface area contributed by atoms with E-state index in [1.54, 1.807) is 23.9 Å². The lowest BCUT2D eigenvalue weighted by Crippen LogP contribution is -2.30. The molecule has 37 heavy (non-hydrogen) atoms. The molecule has 1 aliphatic rings. The van der Waals surface area contributed by atoms with E-state index in [1.165, 1.54) is 12.1 Å². The highest BCUT2D eigenvalue weighted by molar-refractivity contribution is 7.80. The summed E-state index contributed by atoms with van der Waals surface area (Å²) >= 11 is 5.81. The highest BCUT2D eigenvalue weighted by Crippen LogP contribution is 2.46. The van der Waals surface area contributed by atoms with E-state index in [0.29, 0.717) is 22.2 Å². The minimum Gasteiger partial charge on any atom is -0.495 e. The number of nitrogens with one attached hydrogen (secondary N) is 1. The van der Waals surface area contributed by atoms with Gasteiger partial charge in [-0.05, 0) is 74.1 Å². The first kappa shape index (κ1) is 24.8. The molecule has 0 radical (unpaired) electrons. The van der Waals surface area contributed by atoms with Crippen LogP contribution in [-0.4, -0.2) is 21.8 Å². The van der Waals surface area contributed by atoms with Crippen molar-refractivity contribution >= 4 is 23.0 Å². The van der Waals surface area contributed by atoms with Crippen molar-refractivity contribution in [3.63, 3.8) is 0 Å². The summed E-state index contributed by atoms with van der Waals surface area (Å²) < 4.78 is 49.1. The molecular formula is C28H25F3N4OS. The Morgan fingerprint density at radius 2 is 1.62 bits per heavy atom. The molecule has 5 rings (SSSR count). The van der Waals surface area contributed by atoms with E-state index >= 15 is 0 Å². The topological polar surface area (TPSA) is 42.3 Å². The number of hydrogen-bond donors (Lipinski definition) is 1. The first-order chi connectivity index (χ1) is 17.7. The number of alkyl halides is 3. The van der Waals surface area contributed by atoms with E-state index in [0.717, 1.165) is 23.0 Å². The molecule has 1 saturated heterocycles. The average Bonchev–Trinajstić information content (AvgIpc) is 3.38. The fraction of sp³-hybridized carbons (Fsp3) is 0.214. The highest BCUT2D eigenvalue weighted by atomic mass is 32.1. The van der Waals surface area contributed by atoms with Gasteiger partial charge in [-0.1, -0.05) is 30.3 Å². The van der Waals surface area contributed by atoms with E-state index < -0.39 is 17.8 Å². The number of benzene rings is 2. The molecule has 0 aliphatic carbocycles. The fourth-order valence-electron chi connectivity index (χ4n) is 5.13. The molecule has 0 saturated carbocycles. The van der Waals surface area contributed by atoms with E-state index in [-0.39, 0.29) is 11.7 Å². The Hall–Kier alpha value is -3.85. The van der Waals surface area contributed by atoms with Crippen LogP contribution in [0.1, 0.15) is 40.3 Å². The average molecular weight is 523 g/mol. The number of aromatic nitrogens is 2. The van der Waals surface area contributed by atoms with Crippen molar-refractivity contribution in [1.29, 1.82) is 0 Å². The Morgan fingerprint density at radius 1 is 0.946 bits per heavy atom. The lowest BCUT2D eigenvalue weighted by molar-refractivity contribution is -0.137. The van der Waals surface area contributed by atoms with Gasteiger partial charge in [-0.2, -0.15) is 13.2 Å². The van der Waals surface area contributed by atoms with Gasteiger partial charge >= 0.3 is 6.18 Å². The van der Waals surface area contributed by atoms with Crippen LogP contribution in [0.5, 0.6) is 5.75 Å². The normalized spacial score (nSPS) is 17.7. The first-order valence-electron chi connectivity index (χ1n) is 11.7. The van der Waals surface area contributed by atoms with Crippen LogP contribution in [0, 0.1) is 13.8 Å². The molecule has 3 heterocycles. The van der Waals surface area contributed by atoms with Crippen LogP contribution in [0.3, 0.4) is 0 Å². The summed E-state index contributed by atoms with van der Waals surface area (Å²) in [5, 5.41) is 3.88. The molecule has 0 spiro atoms. The molecule has 2 atom stereocenters. The second kappa shape index (κ2) is 9.55. The maximum atomic E-state index is 13.9. The standard InChI is InChI=1S/C28H25F3N4OS/c1-17-16-19(18(2)34(17)22-12-5-4-10-20(22)28(29,30)31)26-25(21-11-8-9-15-32-21)33-27(37)35(26)23-13-6-7-14-24(23)36-3/h4-16,25-26H,1-3H3,(H,33,37)/t25-,26-/m0/s1. The number of nitrogens with zero attached hydrogens (tertiary/aromatic N) is 3. The molecule has 4 aromatic rings. The number of para-hydroxylation sites is 3. The van der Waals surface area contributed by atoms with E-state index in [9.17, 15) is 13.2 Å². The first-order valence-corrected chi connectivity index (χ1v) is 12.1. The molecule has 2 aromatic heterocycles. The maximum absolute atomic E-state index is 13.9. The van der Waals surface area contributed by atoms with Crippen molar-refractivity contribution in [2.75, 3.05) is 12.0 Å². The summed E-state index contributed by atoms with van der Waals surface area (Å²) in [7, 11) is 1.59. The van der Waals surface area contributed by atoms with Gasteiger partial charge in [0.15, 0.2) is 5.11 Å². The fourth-order valence-corrected chi connectivity index (χ4v) is 5.46. The third kappa shape index (κ3) is 4.33. The summed E-state index contributed by atoms with van der Waals surface area (Å²) in [6.45, 7) is 3.65. The molecule has 190 valence electrons. The van der Waals surface area contributed by atoms with Gasteiger partial charge in [-0.25, -0.2) is 0 Å². The molecule has 0 bridgehead atoms. The van der Waals surface area contributed by atoms with Gasteiger partial charge in [-0.15, -0.1) is 0 Å². The predicted octanol–water partition coefficient (Wildman–Crippen LogP) is 6.69. The maximum Gasteiger partial charge on any atom is 0.418 e. The zero-order valence-electron chi connectivity index (χ0n) is 20.5. The van der Waals surface area contributed by atoms with Crippen molar-refractivity contribution in [1.82, 2.24) is 14.9 Å². The van der Waals surface area contributed by atoms with Crippen LogP contribution < -0.4 is 15.0 Å². The van der Waals surface area contributed by atoms with Gasteiger partial charge in [-0.3, -0.25) is 4.98 Å². The van der Waals surface area contributed by atoms with Gasteiger partial charge in [0.25, 0.3) is 0 Å². The number of methoxy groups -OCH3 is 1. The number of anilines is 1. The molecule has 1 fully saturated rings. The zero-order valence-corrected chi connectivity index (χ0v) is 21.3. The zero-order chi connectivity index (χ0) is 26.3. The van der Waals surface area contributed by atoms with E-state index in [1.807, 2.05) is 67.3 Å². The Balaban J connectivity index is 1.73. The minimum atomic E-state index is -4.49. The lowest BCUT2D eigenvalue weighted by atomic mass is 9.96. The molecule has 1 N–H and O–H groups in total. The second-order valence-electron chi connectivity index (χ2n) is 8.85. The van der Waals surface area contributed by atoms with E-state index in [2.05, 4.69) is 10.3 Å². The number of pyridine rings is 1. The summed E-state index contributed by atoms with van der Waals surface area (Å²) in [5.41, 5.74) is 3.13. The summed E-state index contributed by atoms with van der Waals surface area (Å²) in [5.74, 6) is 0.634. The van der Waals surface area contributed by atoms with Crippen molar-refractivity contribution in [3.8, 4) is 11.4 Å². The monoisotopic (exact) mass is 522 g/mol. The summed E-state index contributed by atoms with van der Waals surface area (Å²) in [4.78, 5) is 6.54. The van der Waals surface area contributed by atoms with Crippen LogP contribution in [0.15, 0.2) is 79.0 Å². The van der Waals surface area contributed by atoms with Gasteiger partial charge in [0.1, 0.15) is 5.75 Å². The number of halogens is 3. The van der Waals surface area contributed by atoms with Gasteiger partial charge in [0.2, 0.25) is 0 Å². The quantitative estimate of drug-likeness (QED) is 0.296. The Labute approximate surface area is 218 Å². The minimum absolute atomic E-state index is 0.0861. The van der Waals surface area contributed by atoms with Crippen LogP contribution >= 0.6 is 12.2 Å². The smallest absolute Gasteiger partial charge is 0.418 e. The number of hydrogen-bond acceptors (Lipinski definition) is 3. The third-order valence-electron chi connectivity index (χ3n) is 6.68. The molecule has 1 aliphatic heterocycles. The summed E-state index contributed by atoms with van der Waals surface area (Å²) in [6.07, 6.45) is -2.78. The number of rotatable bonds is 5. The Kier molecular flexibility index (Phi) is 6.41. The number of aryl methyl sites for hydroxylation is 1. The largest absolute Gasteiger partial charge is 0.495 e. The van der Waals surface area contributed by atoms with Crippen molar-refractivity contribution < 1.29 is 17.9 Å². The van der Waals surface area contributed by atoms with Gasteiger partial charge in [0, 0.05) is 17.6 Å². The van der Waals surface area contributed by atoms with Crippen LogP contribution in [0.25, 0.3) is 5.69 Å². The van der Waals surface area contributed by atoms with Crippen LogP contribution in [0.2, 0.25) is 0 Å². The van der Waals surface area contributed by atoms with Crippen molar-refractivity contribution in [2.24, 2.45) is 0 Å². The summed E-state index contributed by atoms with van der Waals surface area (Å²) in [6, 6.07) is 20.0. The highest BCUT2D eigenvalue weighted by Gasteiger charge is 2.43. The molecule has 5 nitrogen and oxygen atoms in total.